The SMILES string of the molecule is O=C1COc2ccc(C(=O)N3C[C@@H]4C[C@@H](C3)c3ccc([N+](=O)[O-])c(=O)n3C4)cc2N1. The lowest BCUT2D eigenvalue weighted by Crippen LogP contribution is -2.49. The third kappa shape index (κ3) is 2.92. The van der Waals surface area contributed by atoms with Gasteiger partial charge in [-0.25, -0.2) is 0 Å². The first-order valence-corrected chi connectivity index (χ1v) is 9.65. The van der Waals surface area contributed by atoms with Crippen molar-refractivity contribution in [3.63, 3.8) is 0 Å². The maximum atomic E-state index is 13.1. The van der Waals surface area contributed by atoms with E-state index in [0.29, 0.717) is 36.6 Å². The number of carbonyl (C=O) groups excluding carboxylic acids is 2. The molecule has 0 aliphatic carbocycles. The van der Waals surface area contributed by atoms with Crippen LogP contribution < -0.4 is 15.6 Å². The molecule has 1 saturated heterocycles. The lowest BCUT2D eigenvalue weighted by molar-refractivity contribution is -0.386. The van der Waals surface area contributed by atoms with Gasteiger partial charge in [0.15, 0.2) is 6.61 Å². The number of rotatable bonds is 2. The van der Waals surface area contributed by atoms with Gasteiger partial charge in [0.05, 0.1) is 10.6 Å². The highest BCUT2D eigenvalue weighted by molar-refractivity contribution is 6.00. The number of hydrogen-bond donors (Lipinski definition) is 1. The van der Waals surface area contributed by atoms with Gasteiger partial charge in [-0.1, -0.05) is 0 Å². The van der Waals surface area contributed by atoms with E-state index in [-0.39, 0.29) is 30.3 Å². The van der Waals surface area contributed by atoms with Crippen molar-refractivity contribution in [2.24, 2.45) is 5.92 Å². The summed E-state index contributed by atoms with van der Waals surface area (Å²) in [6.07, 6.45) is 0.828. The Labute approximate surface area is 170 Å². The largest absolute Gasteiger partial charge is 0.482 e. The van der Waals surface area contributed by atoms with Crippen molar-refractivity contribution in [2.45, 2.75) is 18.9 Å². The summed E-state index contributed by atoms with van der Waals surface area (Å²) in [7, 11) is 0. The second-order valence-corrected chi connectivity index (χ2v) is 7.87. The van der Waals surface area contributed by atoms with Crippen LogP contribution in [0.2, 0.25) is 0 Å². The first-order chi connectivity index (χ1) is 14.4. The second kappa shape index (κ2) is 6.68. The summed E-state index contributed by atoms with van der Waals surface area (Å²) >= 11 is 0. The van der Waals surface area contributed by atoms with Gasteiger partial charge in [-0.15, -0.1) is 0 Å². The number of ether oxygens (including phenoxy) is 1. The van der Waals surface area contributed by atoms with Crippen molar-refractivity contribution in [2.75, 3.05) is 25.0 Å². The molecular weight excluding hydrogens is 392 g/mol. The fourth-order valence-electron chi connectivity index (χ4n) is 4.64. The van der Waals surface area contributed by atoms with E-state index in [0.717, 1.165) is 12.1 Å². The summed E-state index contributed by atoms with van der Waals surface area (Å²) in [5, 5.41) is 13.8. The van der Waals surface area contributed by atoms with Crippen molar-refractivity contribution < 1.29 is 19.2 Å². The minimum absolute atomic E-state index is 0.0422. The highest BCUT2D eigenvalue weighted by Crippen LogP contribution is 2.36. The van der Waals surface area contributed by atoms with Gasteiger partial charge in [0.2, 0.25) is 0 Å². The van der Waals surface area contributed by atoms with Crippen molar-refractivity contribution in [3.8, 4) is 5.75 Å². The van der Waals surface area contributed by atoms with Gasteiger partial charge >= 0.3 is 11.2 Å². The number of benzene rings is 1. The molecule has 2 amide bonds. The minimum atomic E-state index is -0.658. The maximum absolute atomic E-state index is 13.1. The first kappa shape index (κ1) is 18.3. The summed E-state index contributed by atoms with van der Waals surface area (Å²) in [6.45, 7) is 1.19. The number of likely N-dealkylation sites (tertiary alicyclic amines) is 1. The van der Waals surface area contributed by atoms with Crippen LogP contribution in [0.5, 0.6) is 5.75 Å². The second-order valence-electron chi connectivity index (χ2n) is 7.87. The molecule has 154 valence electrons. The fourth-order valence-corrected chi connectivity index (χ4v) is 4.64. The number of fused-ring (bicyclic) bond motifs is 5. The topological polar surface area (TPSA) is 124 Å². The molecule has 2 bridgehead atoms. The van der Waals surface area contributed by atoms with E-state index in [1.54, 1.807) is 29.2 Å². The zero-order valence-corrected chi connectivity index (χ0v) is 15.9. The predicted molar refractivity (Wildman–Crippen MR) is 105 cm³/mol. The molecule has 2 atom stereocenters. The molecule has 4 heterocycles. The van der Waals surface area contributed by atoms with Crippen LogP contribution in [0, 0.1) is 16.0 Å². The van der Waals surface area contributed by atoms with Crippen LogP contribution in [0.25, 0.3) is 0 Å². The zero-order chi connectivity index (χ0) is 21.0. The number of anilines is 1. The molecule has 0 unspecified atom stereocenters. The third-order valence-corrected chi connectivity index (χ3v) is 5.93. The zero-order valence-electron chi connectivity index (χ0n) is 15.9. The normalized spacial score (nSPS) is 21.7. The van der Waals surface area contributed by atoms with Gasteiger partial charge in [-0.2, -0.15) is 0 Å². The van der Waals surface area contributed by atoms with Crippen LogP contribution in [0.3, 0.4) is 0 Å². The summed E-state index contributed by atoms with van der Waals surface area (Å²) in [5.74, 6) is 0.0773. The van der Waals surface area contributed by atoms with E-state index in [2.05, 4.69) is 5.32 Å². The lowest BCUT2D eigenvalue weighted by Gasteiger charge is -2.42. The van der Waals surface area contributed by atoms with Crippen molar-refractivity contribution in [1.29, 1.82) is 0 Å². The van der Waals surface area contributed by atoms with Crippen LogP contribution in [0.4, 0.5) is 11.4 Å². The number of hydrogen-bond acceptors (Lipinski definition) is 6. The highest BCUT2D eigenvalue weighted by Gasteiger charge is 2.38. The first-order valence-electron chi connectivity index (χ1n) is 9.65. The van der Waals surface area contributed by atoms with Gasteiger partial charge in [-0.3, -0.25) is 24.5 Å². The van der Waals surface area contributed by atoms with Crippen LogP contribution in [0.15, 0.2) is 35.1 Å². The number of nitro groups is 1. The van der Waals surface area contributed by atoms with Crippen molar-refractivity contribution in [1.82, 2.24) is 9.47 Å². The summed E-state index contributed by atoms with van der Waals surface area (Å²) in [6, 6.07) is 7.83. The Morgan fingerprint density at radius 2 is 2.00 bits per heavy atom. The number of nitrogens with one attached hydrogen (secondary N) is 1. The fraction of sp³-hybridized carbons (Fsp3) is 0.350. The van der Waals surface area contributed by atoms with Crippen LogP contribution in [-0.4, -0.2) is 45.9 Å². The maximum Gasteiger partial charge on any atom is 0.334 e. The summed E-state index contributed by atoms with van der Waals surface area (Å²) < 4.78 is 6.83. The third-order valence-electron chi connectivity index (χ3n) is 5.93. The molecule has 30 heavy (non-hydrogen) atoms. The molecule has 3 aliphatic heterocycles. The molecule has 5 rings (SSSR count). The quantitative estimate of drug-likeness (QED) is 0.589. The average molecular weight is 410 g/mol. The Morgan fingerprint density at radius 3 is 2.80 bits per heavy atom. The lowest BCUT2D eigenvalue weighted by atomic mass is 9.83. The molecule has 0 spiro atoms. The molecule has 1 aromatic carbocycles. The molecule has 10 heteroatoms. The van der Waals surface area contributed by atoms with Gasteiger partial charge in [0.1, 0.15) is 5.75 Å². The van der Waals surface area contributed by atoms with E-state index in [9.17, 15) is 24.5 Å². The molecule has 0 radical (unpaired) electrons. The van der Waals surface area contributed by atoms with E-state index >= 15 is 0 Å². The van der Waals surface area contributed by atoms with Crippen molar-refractivity contribution >= 4 is 23.2 Å². The Morgan fingerprint density at radius 1 is 1.17 bits per heavy atom. The number of nitrogens with zero attached hydrogens (tertiary/aromatic N) is 3. The van der Waals surface area contributed by atoms with Gasteiger partial charge in [0.25, 0.3) is 11.8 Å². The molecule has 2 aromatic rings. The van der Waals surface area contributed by atoms with Gasteiger partial charge < -0.3 is 19.5 Å². The molecule has 0 saturated carbocycles. The Kier molecular flexibility index (Phi) is 4.09. The standard InChI is InChI=1S/C20H18N4O6/c25-18-10-30-17-4-1-12(6-14(17)21-18)19(26)22-7-11-5-13(9-22)15-2-3-16(24(28)29)20(27)23(15)8-11/h1-4,6,11,13H,5,7-10H2,(H,21,25)/t11-,13-/m0/s1. The molecule has 10 nitrogen and oxygen atoms in total. The molecule has 1 aromatic heterocycles. The number of amides is 2. The number of carbonyl (C=O) groups is 2. The number of aromatic nitrogens is 1. The Bertz CT molecular complexity index is 1160. The monoisotopic (exact) mass is 410 g/mol. The molecular formula is C20H18N4O6. The minimum Gasteiger partial charge on any atom is -0.482 e. The average Bonchev–Trinajstić information content (AvgIpc) is 2.73. The summed E-state index contributed by atoms with van der Waals surface area (Å²) in [5.41, 5.74) is 0.631. The van der Waals surface area contributed by atoms with Crippen molar-refractivity contribution in [3.05, 3.63) is 62.1 Å². The van der Waals surface area contributed by atoms with Gasteiger partial charge in [-0.05, 0) is 36.6 Å². The van der Waals surface area contributed by atoms with E-state index in [1.165, 1.54) is 10.6 Å². The van der Waals surface area contributed by atoms with Crippen LogP contribution >= 0.6 is 0 Å². The van der Waals surface area contributed by atoms with E-state index < -0.39 is 16.2 Å². The summed E-state index contributed by atoms with van der Waals surface area (Å²) in [4.78, 5) is 49.3. The van der Waals surface area contributed by atoms with Gasteiger partial charge in [0, 0.05) is 42.9 Å². The Hall–Kier alpha value is -3.69. The van der Waals surface area contributed by atoms with E-state index in [4.69, 9.17) is 4.74 Å². The Balaban J connectivity index is 1.42. The molecule has 3 aliphatic rings. The van der Waals surface area contributed by atoms with E-state index in [1.807, 2.05) is 0 Å². The smallest absolute Gasteiger partial charge is 0.334 e. The number of pyridine rings is 1. The molecule has 1 N–H and O–H groups in total. The molecule has 1 fully saturated rings. The highest BCUT2D eigenvalue weighted by atomic mass is 16.6. The predicted octanol–water partition coefficient (Wildman–Crippen LogP) is 1.35. The van der Waals surface area contributed by atoms with Crippen LogP contribution in [0.1, 0.15) is 28.4 Å². The number of piperidine rings is 1. The van der Waals surface area contributed by atoms with Crippen LogP contribution in [-0.2, 0) is 11.3 Å².